The normalized spacial score (nSPS) is 10.6. The molecule has 0 unspecified atom stereocenters. The Hall–Kier alpha value is -4.18. The number of anilines is 1. The van der Waals surface area contributed by atoms with E-state index in [1.54, 1.807) is 24.3 Å². The van der Waals surface area contributed by atoms with Crippen LogP contribution in [0.1, 0.15) is 6.92 Å². The summed E-state index contributed by atoms with van der Waals surface area (Å²) in [5.41, 5.74) is 3.17. The molecule has 0 saturated heterocycles. The van der Waals surface area contributed by atoms with Crippen LogP contribution in [0.2, 0.25) is 0 Å². The summed E-state index contributed by atoms with van der Waals surface area (Å²) >= 11 is 1.15. The van der Waals surface area contributed by atoms with Gasteiger partial charge in [-0.15, -0.1) is 10.2 Å². The number of non-ortho nitro benzene ring substituents is 1. The highest BCUT2D eigenvalue weighted by Gasteiger charge is 2.12. The Balaban J connectivity index is 1.30. The summed E-state index contributed by atoms with van der Waals surface area (Å²) < 4.78 is 11.1. The van der Waals surface area contributed by atoms with Crippen LogP contribution >= 0.6 is 11.8 Å². The summed E-state index contributed by atoms with van der Waals surface area (Å²) in [6.45, 7) is 2.51. The molecule has 4 rings (SSSR count). The van der Waals surface area contributed by atoms with Gasteiger partial charge in [-0.1, -0.05) is 23.9 Å². The number of carbonyl (C=O) groups excluding carboxylic acids is 1. The summed E-state index contributed by atoms with van der Waals surface area (Å²) in [6, 6.07) is 20.8. The Kier molecular flexibility index (Phi) is 7.19. The predicted molar refractivity (Wildman–Crippen MR) is 129 cm³/mol. The third-order valence-electron chi connectivity index (χ3n) is 4.73. The third-order valence-corrected chi connectivity index (χ3v) is 5.54. The lowest BCUT2D eigenvalue weighted by Crippen LogP contribution is -2.13. The van der Waals surface area contributed by atoms with E-state index in [4.69, 9.17) is 9.15 Å². The van der Waals surface area contributed by atoms with Gasteiger partial charge in [0.25, 0.3) is 10.9 Å². The number of ether oxygens (including phenoxy) is 1. The first-order valence-corrected chi connectivity index (χ1v) is 11.3. The van der Waals surface area contributed by atoms with Crippen molar-refractivity contribution in [3.05, 3.63) is 82.9 Å². The molecule has 1 N–H and O–H groups in total. The van der Waals surface area contributed by atoms with Gasteiger partial charge in [0, 0.05) is 23.4 Å². The largest absolute Gasteiger partial charge is 0.494 e. The number of nitro benzene ring substituents is 1. The summed E-state index contributed by atoms with van der Waals surface area (Å²) in [4.78, 5) is 22.7. The zero-order chi connectivity index (χ0) is 23.9. The molecule has 0 aliphatic heterocycles. The quantitative estimate of drug-likeness (QED) is 0.193. The molecule has 4 aromatic rings. The van der Waals surface area contributed by atoms with E-state index >= 15 is 0 Å². The summed E-state index contributed by atoms with van der Waals surface area (Å²) in [5.74, 6) is 1.02. The van der Waals surface area contributed by atoms with Crippen LogP contribution in [0.3, 0.4) is 0 Å². The van der Waals surface area contributed by atoms with Crippen molar-refractivity contribution < 1.29 is 18.9 Å². The minimum atomic E-state index is -0.435. The number of nitrogens with zero attached hydrogens (tertiary/aromatic N) is 3. The van der Waals surface area contributed by atoms with E-state index in [0.29, 0.717) is 23.4 Å². The Labute approximate surface area is 199 Å². The lowest BCUT2D eigenvalue weighted by Gasteiger charge is -2.06. The Morgan fingerprint density at radius 3 is 2.21 bits per heavy atom. The molecule has 0 fully saturated rings. The number of nitro groups is 1. The molecule has 3 aromatic carbocycles. The molecule has 10 heteroatoms. The van der Waals surface area contributed by atoms with Crippen LogP contribution in [-0.4, -0.2) is 33.4 Å². The fourth-order valence-corrected chi connectivity index (χ4v) is 3.65. The van der Waals surface area contributed by atoms with Crippen molar-refractivity contribution >= 4 is 29.0 Å². The molecule has 0 aliphatic carbocycles. The van der Waals surface area contributed by atoms with Crippen molar-refractivity contribution in [2.45, 2.75) is 12.1 Å². The zero-order valence-electron chi connectivity index (χ0n) is 18.1. The number of amides is 1. The van der Waals surface area contributed by atoms with Crippen LogP contribution in [0.5, 0.6) is 5.75 Å². The highest BCUT2D eigenvalue weighted by Crippen LogP contribution is 2.26. The Bertz CT molecular complexity index is 1270. The van der Waals surface area contributed by atoms with Crippen LogP contribution in [0.15, 0.2) is 82.4 Å². The molecule has 0 bridgehead atoms. The molecule has 0 radical (unpaired) electrons. The molecule has 9 nitrogen and oxygen atoms in total. The highest BCUT2D eigenvalue weighted by molar-refractivity contribution is 7.99. The molecule has 34 heavy (non-hydrogen) atoms. The minimum absolute atomic E-state index is 0.0398. The Morgan fingerprint density at radius 1 is 0.971 bits per heavy atom. The molecule has 1 aromatic heterocycles. The first-order valence-electron chi connectivity index (χ1n) is 10.4. The smallest absolute Gasteiger partial charge is 0.277 e. The second-order valence-electron chi connectivity index (χ2n) is 7.05. The van der Waals surface area contributed by atoms with Crippen LogP contribution in [0.25, 0.3) is 22.6 Å². The second-order valence-corrected chi connectivity index (χ2v) is 7.98. The summed E-state index contributed by atoms with van der Waals surface area (Å²) in [6.07, 6.45) is 0. The molecule has 0 aliphatic rings. The Morgan fingerprint density at radius 2 is 1.59 bits per heavy atom. The second kappa shape index (κ2) is 10.6. The van der Waals surface area contributed by atoms with Gasteiger partial charge < -0.3 is 14.5 Å². The number of rotatable bonds is 9. The fraction of sp³-hybridized carbons (Fsp3) is 0.125. The lowest BCUT2D eigenvalue weighted by molar-refractivity contribution is -0.384. The van der Waals surface area contributed by atoms with Crippen LogP contribution in [0.4, 0.5) is 11.4 Å². The molecular formula is C24H20N4O5S. The number of hydrogen-bond donors (Lipinski definition) is 1. The maximum Gasteiger partial charge on any atom is 0.277 e. The van der Waals surface area contributed by atoms with Gasteiger partial charge in [-0.2, -0.15) is 0 Å². The van der Waals surface area contributed by atoms with Gasteiger partial charge in [0.05, 0.1) is 17.3 Å². The van der Waals surface area contributed by atoms with Gasteiger partial charge >= 0.3 is 0 Å². The van der Waals surface area contributed by atoms with Gasteiger partial charge in [-0.3, -0.25) is 14.9 Å². The topological polar surface area (TPSA) is 120 Å². The summed E-state index contributed by atoms with van der Waals surface area (Å²) in [5, 5.41) is 21.9. The van der Waals surface area contributed by atoms with Crippen molar-refractivity contribution in [2.75, 3.05) is 17.7 Å². The van der Waals surface area contributed by atoms with Crippen molar-refractivity contribution in [3.63, 3.8) is 0 Å². The van der Waals surface area contributed by atoms with Crippen LogP contribution in [0, 0.1) is 10.1 Å². The SMILES string of the molecule is CCOc1ccc(-c2nnc(SCC(=O)Nc3ccc(-c4ccc([N+](=O)[O-])cc4)cc3)o2)cc1. The number of nitrogens with one attached hydrogen (secondary N) is 1. The molecule has 0 saturated carbocycles. The number of aromatic nitrogens is 2. The number of thioether (sulfide) groups is 1. The van der Waals surface area contributed by atoms with Gasteiger partial charge in [0.2, 0.25) is 11.8 Å². The van der Waals surface area contributed by atoms with E-state index in [1.807, 2.05) is 43.3 Å². The van der Waals surface area contributed by atoms with E-state index in [1.165, 1.54) is 12.1 Å². The van der Waals surface area contributed by atoms with Gasteiger partial charge in [-0.05, 0) is 66.6 Å². The van der Waals surface area contributed by atoms with E-state index < -0.39 is 4.92 Å². The van der Waals surface area contributed by atoms with E-state index in [9.17, 15) is 14.9 Å². The lowest BCUT2D eigenvalue weighted by atomic mass is 10.1. The highest BCUT2D eigenvalue weighted by atomic mass is 32.2. The first-order chi connectivity index (χ1) is 16.5. The molecular weight excluding hydrogens is 456 g/mol. The third kappa shape index (κ3) is 5.78. The monoisotopic (exact) mass is 476 g/mol. The first kappa shape index (κ1) is 23.0. The van der Waals surface area contributed by atoms with Crippen molar-refractivity contribution in [3.8, 4) is 28.3 Å². The van der Waals surface area contributed by atoms with Gasteiger partial charge in [0.15, 0.2) is 0 Å². The number of benzene rings is 3. The van der Waals surface area contributed by atoms with Crippen molar-refractivity contribution in [1.82, 2.24) is 10.2 Å². The van der Waals surface area contributed by atoms with E-state index in [-0.39, 0.29) is 17.3 Å². The summed E-state index contributed by atoms with van der Waals surface area (Å²) in [7, 11) is 0. The minimum Gasteiger partial charge on any atom is -0.494 e. The van der Waals surface area contributed by atoms with E-state index in [0.717, 1.165) is 34.2 Å². The molecule has 1 heterocycles. The molecule has 1 amide bonds. The maximum absolute atomic E-state index is 12.3. The predicted octanol–water partition coefficient (Wildman–Crippen LogP) is 5.44. The van der Waals surface area contributed by atoms with Crippen molar-refractivity contribution in [2.24, 2.45) is 0 Å². The molecule has 172 valence electrons. The zero-order valence-corrected chi connectivity index (χ0v) is 19.0. The van der Waals surface area contributed by atoms with Gasteiger partial charge in [0.1, 0.15) is 5.75 Å². The van der Waals surface area contributed by atoms with Gasteiger partial charge in [-0.25, -0.2) is 0 Å². The number of carbonyl (C=O) groups is 1. The number of hydrogen-bond acceptors (Lipinski definition) is 8. The average Bonchev–Trinajstić information content (AvgIpc) is 3.33. The van der Waals surface area contributed by atoms with Crippen molar-refractivity contribution in [1.29, 1.82) is 0 Å². The fourth-order valence-electron chi connectivity index (χ4n) is 3.09. The molecule has 0 spiro atoms. The van der Waals surface area contributed by atoms with Crippen LogP contribution in [-0.2, 0) is 4.79 Å². The molecule has 0 atom stereocenters. The maximum atomic E-state index is 12.3. The average molecular weight is 477 g/mol. The van der Waals surface area contributed by atoms with E-state index in [2.05, 4.69) is 15.5 Å². The van der Waals surface area contributed by atoms with Crippen LogP contribution < -0.4 is 10.1 Å². The standard InChI is InChI=1S/C24H20N4O5S/c1-2-32-21-13-7-18(8-14-21)23-26-27-24(33-23)34-15-22(29)25-19-9-3-16(4-10-19)17-5-11-20(12-6-17)28(30)31/h3-14H,2,15H2,1H3,(H,25,29).